The third-order valence-corrected chi connectivity index (χ3v) is 3.01. The van der Waals surface area contributed by atoms with Gasteiger partial charge in [-0.3, -0.25) is 4.79 Å². The molecule has 0 aromatic heterocycles. The second kappa shape index (κ2) is 4.96. The van der Waals surface area contributed by atoms with E-state index in [0.717, 1.165) is 5.56 Å². The topological polar surface area (TPSA) is 46.5 Å². The highest BCUT2D eigenvalue weighted by molar-refractivity contribution is 6.29. The molecule has 0 saturated heterocycles. The maximum atomic E-state index is 10.9. The van der Waals surface area contributed by atoms with Gasteiger partial charge in [0.15, 0.2) is 5.38 Å². The van der Waals surface area contributed by atoms with Gasteiger partial charge in [-0.05, 0) is 23.1 Å². The van der Waals surface area contributed by atoms with Crippen LogP contribution < -0.4 is 4.74 Å². The summed E-state index contributed by atoms with van der Waals surface area (Å²) in [6.07, 6.45) is 0. The summed E-state index contributed by atoms with van der Waals surface area (Å²) in [5.41, 5.74) is 1.46. The minimum Gasteiger partial charge on any atom is -0.496 e. The van der Waals surface area contributed by atoms with Crippen molar-refractivity contribution < 1.29 is 14.6 Å². The van der Waals surface area contributed by atoms with Gasteiger partial charge >= 0.3 is 5.97 Å². The number of halogens is 1. The molecular weight excluding hydrogens is 240 g/mol. The van der Waals surface area contributed by atoms with Crippen molar-refractivity contribution in [3.8, 4) is 5.75 Å². The molecule has 0 spiro atoms. The fourth-order valence-corrected chi connectivity index (χ4v) is 1.70. The Labute approximate surface area is 106 Å². The molecule has 0 saturated carbocycles. The second-order valence-corrected chi connectivity index (χ2v) is 5.34. The second-order valence-electron chi connectivity index (χ2n) is 4.91. The normalized spacial score (nSPS) is 13.2. The summed E-state index contributed by atoms with van der Waals surface area (Å²) < 4.78 is 5.14. The van der Waals surface area contributed by atoms with E-state index < -0.39 is 11.3 Å². The summed E-state index contributed by atoms with van der Waals surface area (Å²) in [4.78, 5) is 10.9. The summed E-state index contributed by atoms with van der Waals surface area (Å²) >= 11 is 5.87. The van der Waals surface area contributed by atoms with Crippen LogP contribution in [0.2, 0.25) is 0 Å². The number of carboxylic acids is 1. The summed E-state index contributed by atoms with van der Waals surface area (Å²) in [6, 6.07) is 5.48. The summed E-state index contributed by atoms with van der Waals surface area (Å²) in [5.74, 6) is -0.573. The number of benzene rings is 1. The largest absolute Gasteiger partial charge is 0.496 e. The van der Waals surface area contributed by atoms with Gasteiger partial charge in [-0.15, -0.1) is 11.6 Å². The van der Waals surface area contributed by atoms with Crippen molar-refractivity contribution in [2.45, 2.75) is 31.6 Å². The van der Waals surface area contributed by atoms with Crippen molar-refractivity contribution in [3.05, 3.63) is 29.3 Å². The summed E-state index contributed by atoms with van der Waals surface area (Å²) in [7, 11) is 1.50. The number of rotatable bonds is 3. The number of alkyl halides is 1. The number of hydrogen-bond acceptors (Lipinski definition) is 2. The Morgan fingerprint density at radius 1 is 1.41 bits per heavy atom. The Kier molecular flexibility index (Phi) is 4.04. The Morgan fingerprint density at radius 2 is 2.00 bits per heavy atom. The van der Waals surface area contributed by atoms with Crippen LogP contribution in [0, 0.1) is 0 Å². The molecule has 1 unspecified atom stereocenters. The quantitative estimate of drug-likeness (QED) is 0.844. The Hall–Kier alpha value is -1.22. The van der Waals surface area contributed by atoms with Crippen molar-refractivity contribution in [1.29, 1.82) is 0 Å². The lowest BCUT2D eigenvalue weighted by atomic mass is 9.85. The average molecular weight is 257 g/mol. The van der Waals surface area contributed by atoms with Crippen LogP contribution in [0.15, 0.2) is 18.2 Å². The number of methoxy groups -OCH3 is 1. The fourth-order valence-electron chi connectivity index (χ4n) is 1.53. The number of ether oxygens (including phenoxy) is 1. The van der Waals surface area contributed by atoms with Crippen LogP contribution in [0.25, 0.3) is 0 Å². The first kappa shape index (κ1) is 13.8. The van der Waals surface area contributed by atoms with E-state index in [9.17, 15) is 4.79 Å². The van der Waals surface area contributed by atoms with Gasteiger partial charge in [0.2, 0.25) is 0 Å². The van der Waals surface area contributed by atoms with E-state index in [2.05, 4.69) is 20.8 Å². The molecule has 0 aliphatic carbocycles. The smallest absolute Gasteiger partial charge is 0.326 e. The molecule has 0 bridgehead atoms. The van der Waals surface area contributed by atoms with Crippen molar-refractivity contribution in [2.24, 2.45) is 0 Å². The highest BCUT2D eigenvalue weighted by Crippen LogP contribution is 2.34. The molecule has 0 aliphatic rings. The zero-order valence-corrected chi connectivity index (χ0v) is 11.2. The first-order valence-electron chi connectivity index (χ1n) is 5.32. The van der Waals surface area contributed by atoms with Crippen LogP contribution in [-0.4, -0.2) is 18.2 Å². The monoisotopic (exact) mass is 256 g/mol. The van der Waals surface area contributed by atoms with Gasteiger partial charge in [0.1, 0.15) is 5.75 Å². The molecule has 3 nitrogen and oxygen atoms in total. The molecule has 0 fully saturated rings. The zero-order chi connectivity index (χ0) is 13.2. The van der Waals surface area contributed by atoms with E-state index in [4.69, 9.17) is 21.4 Å². The van der Waals surface area contributed by atoms with Gasteiger partial charge in [-0.2, -0.15) is 0 Å². The maximum absolute atomic E-state index is 10.9. The highest BCUT2D eigenvalue weighted by atomic mass is 35.5. The standard InChI is InChI=1S/C13H17ClO3/c1-13(2,3)8-5-6-10(17-4)9(7-8)11(14)12(15)16/h5-7,11H,1-4H3,(H,15,16). The van der Waals surface area contributed by atoms with E-state index in [1.807, 2.05) is 6.07 Å². The predicted molar refractivity (Wildman–Crippen MR) is 67.9 cm³/mol. The van der Waals surface area contributed by atoms with E-state index in [-0.39, 0.29) is 5.41 Å². The van der Waals surface area contributed by atoms with E-state index in [1.54, 1.807) is 12.1 Å². The van der Waals surface area contributed by atoms with Gasteiger partial charge in [0, 0.05) is 5.56 Å². The van der Waals surface area contributed by atoms with Crippen molar-refractivity contribution in [3.63, 3.8) is 0 Å². The molecule has 1 rings (SSSR count). The van der Waals surface area contributed by atoms with Gasteiger partial charge in [0.05, 0.1) is 7.11 Å². The SMILES string of the molecule is COc1ccc(C(C)(C)C)cc1C(Cl)C(=O)O. The van der Waals surface area contributed by atoms with Crippen molar-refractivity contribution >= 4 is 17.6 Å². The molecule has 0 heterocycles. The number of carboxylic acid groups (broad SMARTS) is 1. The number of carbonyl (C=O) groups is 1. The minimum atomic E-state index is -1.09. The molecule has 17 heavy (non-hydrogen) atoms. The number of aliphatic carboxylic acids is 1. The highest BCUT2D eigenvalue weighted by Gasteiger charge is 2.23. The van der Waals surface area contributed by atoms with Crippen molar-refractivity contribution in [2.75, 3.05) is 7.11 Å². The third kappa shape index (κ3) is 3.13. The molecule has 0 radical (unpaired) electrons. The molecule has 94 valence electrons. The van der Waals surface area contributed by atoms with Crippen LogP contribution in [0.1, 0.15) is 37.3 Å². The lowest BCUT2D eigenvalue weighted by Crippen LogP contribution is -2.13. The first-order chi connectivity index (χ1) is 7.77. The molecule has 1 aromatic rings. The van der Waals surface area contributed by atoms with Crippen LogP contribution in [0.5, 0.6) is 5.75 Å². The molecular formula is C13H17ClO3. The predicted octanol–water partition coefficient (Wildman–Crippen LogP) is 3.36. The van der Waals surface area contributed by atoms with Gasteiger partial charge in [-0.25, -0.2) is 0 Å². The van der Waals surface area contributed by atoms with Gasteiger partial charge in [0.25, 0.3) is 0 Å². The Morgan fingerprint density at radius 3 is 2.41 bits per heavy atom. The molecule has 0 aliphatic heterocycles. The lowest BCUT2D eigenvalue weighted by molar-refractivity contribution is -0.136. The van der Waals surface area contributed by atoms with Gasteiger partial charge < -0.3 is 9.84 Å². The lowest BCUT2D eigenvalue weighted by Gasteiger charge is -2.21. The van der Waals surface area contributed by atoms with Crippen LogP contribution in [-0.2, 0) is 10.2 Å². The average Bonchev–Trinajstić information content (AvgIpc) is 2.25. The molecule has 1 N–H and O–H groups in total. The third-order valence-electron chi connectivity index (χ3n) is 2.59. The van der Waals surface area contributed by atoms with Crippen LogP contribution in [0.3, 0.4) is 0 Å². The van der Waals surface area contributed by atoms with E-state index >= 15 is 0 Å². The molecule has 0 amide bonds. The van der Waals surface area contributed by atoms with E-state index in [0.29, 0.717) is 11.3 Å². The Balaban J connectivity index is 3.29. The van der Waals surface area contributed by atoms with Crippen LogP contribution >= 0.6 is 11.6 Å². The first-order valence-corrected chi connectivity index (χ1v) is 5.76. The van der Waals surface area contributed by atoms with Gasteiger partial charge in [-0.1, -0.05) is 26.8 Å². The number of hydrogen-bond donors (Lipinski definition) is 1. The minimum absolute atomic E-state index is 0.0594. The fraction of sp³-hybridized carbons (Fsp3) is 0.462. The molecule has 1 atom stereocenters. The summed E-state index contributed by atoms with van der Waals surface area (Å²) in [5, 5.41) is 7.87. The summed E-state index contributed by atoms with van der Waals surface area (Å²) in [6.45, 7) is 6.17. The molecule has 1 aromatic carbocycles. The Bertz CT molecular complexity index is 421. The molecule has 4 heteroatoms. The van der Waals surface area contributed by atoms with E-state index in [1.165, 1.54) is 7.11 Å². The van der Waals surface area contributed by atoms with Crippen LogP contribution in [0.4, 0.5) is 0 Å². The zero-order valence-electron chi connectivity index (χ0n) is 10.5. The van der Waals surface area contributed by atoms with Crippen molar-refractivity contribution in [1.82, 2.24) is 0 Å². The maximum Gasteiger partial charge on any atom is 0.326 e.